The van der Waals surface area contributed by atoms with Gasteiger partial charge in [0, 0.05) is 0 Å². The Morgan fingerprint density at radius 3 is 2.69 bits per heavy atom. The molecule has 5 nitrogen and oxygen atoms in total. The van der Waals surface area contributed by atoms with Gasteiger partial charge in [-0.2, -0.15) is 0 Å². The van der Waals surface area contributed by atoms with Gasteiger partial charge in [-0.3, -0.25) is 4.79 Å². The van der Waals surface area contributed by atoms with E-state index in [4.69, 9.17) is 4.74 Å². The number of rotatable bonds is 5. The van der Waals surface area contributed by atoms with Gasteiger partial charge in [0.05, 0.1) is 37.7 Å². The van der Waals surface area contributed by atoms with E-state index in [1.165, 1.54) is 7.11 Å². The van der Waals surface area contributed by atoms with Crippen LogP contribution in [0, 0.1) is 0 Å². The maximum atomic E-state index is 11.2. The molecule has 0 aromatic carbocycles. The summed E-state index contributed by atoms with van der Waals surface area (Å²) in [7, 11) is -1.91. The van der Waals surface area contributed by atoms with Crippen LogP contribution in [0.1, 0.15) is 6.42 Å². The second kappa shape index (κ2) is 4.06. The molecule has 1 saturated heterocycles. The minimum atomic E-state index is -3.15. The van der Waals surface area contributed by atoms with E-state index < -0.39 is 15.8 Å². The van der Waals surface area contributed by atoms with Crippen LogP contribution in [0.15, 0.2) is 0 Å². The van der Waals surface area contributed by atoms with E-state index in [2.05, 4.69) is 4.74 Å². The normalized spacial score (nSPS) is 21.2. The Balaban J connectivity index is 2.28. The van der Waals surface area contributed by atoms with Crippen molar-refractivity contribution in [1.29, 1.82) is 0 Å². The van der Waals surface area contributed by atoms with Gasteiger partial charge in [0.1, 0.15) is 0 Å². The maximum Gasteiger partial charge on any atom is 0.306 e. The zero-order valence-corrected chi connectivity index (χ0v) is 8.17. The first-order valence-electron chi connectivity index (χ1n) is 3.92. The molecule has 0 aromatic heterocycles. The largest absolute Gasteiger partial charge is 0.469 e. The van der Waals surface area contributed by atoms with Crippen molar-refractivity contribution in [3.8, 4) is 0 Å². The quantitative estimate of drug-likeness (QED) is 0.444. The SMILES string of the molecule is COC(=O)CCS(=O)(=O)CC1CO1. The minimum absolute atomic E-state index is 0.0179. The van der Waals surface area contributed by atoms with Gasteiger partial charge >= 0.3 is 5.97 Å². The van der Waals surface area contributed by atoms with E-state index >= 15 is 0 Å². The monoisotopic (exact) mass is 208 g/mol. The summed E-state index contributed by atoms with van der Waals surface area (Å²) < 4.78 is 31.5. The molecular formula is C7H12O5S. The van der Waals surface area contributed by atoms with Gasteiger partial charge in [0.25, 0.3) is 0 Å². The van der Waals surface area contributed by atoms with E-state index in [1.54, 1.807) is 0 Å². The zero-order valence-electron chi connectivity index (χ0n) is 7.36. The van der Waals surface area contributed by atoms with Gasteiger partial charge < -0.3 is 9.47 Å². The zero-order chi connectivity index (χ0) is 9.90. The highest BCUT2D eigenvalue weighted by molar-refractivity contribution is 7.91. The Labute approximate surface area is 76.9 Å². The second-order valence-corrected chi connectivity index (χ2v) is 5.12. The lowest BCUT2D eigenvalue weighted by Gasteiger charge is -2.00. The van der Waals surface area contributed by atoms with Crippen molar-refractivity contribution >= 4 is 15.8 Å². The molecule has 0 N–H and O–H groups in total. The van der Waals surface area contributed by atoms with Crippen LogP contribution in [0.4, 0.5) is 0 Å². The molecular weight excluding hydrogens is 196 g/mol. The number of carbonyl (C=O) groups is 1. The second-order valence-electron chi connectivity index (χ2n) is 2.90. The highest BCUT2D eigenvalue weighted by atomic mass is 32.2. The fraction of sp³-hybridized carbons (Fsp3) is 0.857. The summed E-state index contributed by atoms with van der Waals surface area (Å²) in [6.45, 7) is 0.511. The average molecular weight is 208 g/mol. The van der Waals surface area contributed by atoms with Crippen LogP contribution in [0.2, 0.25) is 0 Å². The molecule has 1 aliphatic rings. The van der Waals surface area contributed by atoms with E-state index in [9.17, 15) is 13.2 Å². The van der Waals surface area contributed by atoms with Crippen LogP contribution in [0.25, 0.3) is 0 Å². The van der Waals surface area contributed by atoms with E-state index in [1.807, 2.05) is 0 Å². The van der Waals surface area contributed by atoms with E-state index in [0.717, 1.165) is 0 Å². The topological polar surface area (TPSA) is 73.0 Å². The van der Waals surface area contributed by atoms with Gasteiger partial charge in [0.15, 0.2) is 9.84 Å². The molecule has 1 fully saturated rings. The third-order valence-electron chi connectivity index (χ3n) is 1.69. The standard InChI is InChI=1S/C7H12O5S/c1-11-7(8)2-3-13(9,10)5-6-4-12-6/h6H,2-5H2,1H3. The summed E-state index contributed by atoms with van der Waals surface area (Å²) in [6.07, 6.45) is -0.228. The number of sulfone groups is 1. The maximum absolute atomic E-state index is 11.2. The molecule has 1 unspecified atom stereocenters. The Hall–Kier alpha value is -0.620. The average Bonchev–Trinajstić information content (AvgIpc) is 2.83. The molecule has 0 bridgehead atoms. The smallest absolute Gasteiger partial charge is 0.306 e. The number of hydrogen-bond donors (Lipinski definition) is 0. The molecule has 1 aliphatic heterocycles. The van der Waals surface area contributed by atoms with Gasteiger partial charge in [-0.15, -0.1) is 0 Å². The third kappa shape index (κ3) is 4.23. The first-order chi connectivity index (χ1) is 6.03. The Kier molecular flexibility index (Phi) is 3.27. The summed E-state index contributed by atoms with van der Waals surface area (Å²) in [5.41, 5.74) is 0. The fourth-order valence-electron chi connectivity index (χ4n) is 0.872. The molecule has 1 rings (SSSR count). The molecule has 0 saturated carbocycles. The number of esters is 1. The molecule has 13 heavy (non-hydrogen) atoms. The molecule has 6 heteroatoms. The molecule has 0 aromatic rings. The van der Waals surface area contributed by atoms with Crippen molar-refractivity contribution in [2.75, 3.05) is 25.2 Å². The lowest BCUT2D eigenvalue weighted by Crippen LogP contribution is -2.18. The molecule has 76 valence electrons. The number of ether oxygens (including phenoxy) is 2. The predicted octanol–water partition coefficient (Wildman–Crippen LogP) is -0.637. The van der Waals surface area contributed by atoms with Crippen LogP contribution in [-0.4, -0.2) is 45.7 Å². The lowest BCUT2D eigenvalue weighted by atomic mass is 10.5. The molecule has 1 atom stereocenters. The van der Waals surface area contributed by atoms with Crippen molar-refractivity contribution < 1.29 is 22.7 Å². The first-order valence-corrected chi connectivity index (χ1v) is 5.74. The van der Waals surface area contributed by atoms with Crippen LogP contribution in [0.5, 0.6) is 0 Å². The van der Waals surface area contributed by atoms with Crippen LogP contribution in [0.3, 0.4) is 0 Å². The highest BCUT2D eigenvalue weighted by Crippen LogP contribution is 2.12. The molecule has 0 spiro atoms. The lowest BCUT2D eigenvalue weighted by molar-refractivity contribution is -0.140. The summed E-state index contributed by atoms with van der Waals surface area (Å²) >= 11 is 0. The van der Waals surface area contributed by atoms with Crippen molar-refractivity contribution in [2.24, 2.45) is 0 Å². The van der Waals surface area contributed by atoms with Gasteiger partial charge in [-0.25, -0.2) is 8.42 Å². The number of epoxide rings is 1. The summed E-state index contributed by atoms with van der Waals surface area (Å²) in [5.74, 6) is -0.635. The number of hydrogen-bond acceptors (Lipinski definition) is 5. The van der Waals surface area contributed by atoms with E-state index in [0.29, 0.717) is 6.61 Å². The fourth-order valence-corrected chi connectivity index (χ4v) is 2.27. The van der Waals surface area contributed by atoms with Crippen LogP contribution >= 0.6 is 0 Å². The van der Waals surface area contributed by atoms with Crippen molar-refractivity contribution in [2.45, 2.75) is 12.5 Å². The van der Waals surface area contributed by atoms with Crippen LogP contribution in [-0.2, 0) is 24.1 Å². The van der Waals surface area contributed by atoms with Gasteiger partial charge in [-0.1, -0.05) is 0 Å². The Bertz CT molecular complexity index is 277. The molecule has 0 aliphatic carbocycles. The van der Waals surface area contributed by atoms with Crippen molar-refractivity contribution in [3.05, 3.63) is 0 Å². The molecule has 0 radical (unpaired) electrons. The Morgan fingerprint density at radius 2 is 2.23 bits per heavy atom. The van der Waals surface area contributed by atoms with Gasteiger partial charge in [0.2, 0.25) is 0 Å². The highest BCUT2D eigenvalue weighted by Gasteiger charge is 2.29. The Morgan fingerprint density at radius 1 is 1.62 bits per heavy atom. The van der Waals surface area contributed by atoms with E-state index in [-0.39, 0.29) is 24.0 Å². The predicted molar refractivity (Wildman–Crippen MR) is 45.0 cm³/mol. The first kappa shape index (κ1) is 10.5. The number of carbonyl (C=O) groups excluding carboxylic acids is 1. The van der Waals surface area contributed by atoms with Crippen molar-refractivity contribution in [1.82, 2.24) is 0 Å². The molecule has 1 heterocycles. The van der Waals surface area contributed by atoms with Crippen LogP contribution < -0.4 is 0 Å². The van der Waals surface area contributed by atoms with Gasteiger partial charge in [-0.05, 0) is 0 Å². The summed E-state index contributed by atoms with van der Waals surface area (Å²) in [5, 5.41) is 0. The summed E-state index contributed by atoms with van der Waals surface area (Å²) in [6, 6.07) is 0. The molecule has 0 amide bonds. The number of methoxy groups -OCH3 is 1. The minimum Gasteiger partial charge on any atom is -0.469 e. The summed E-state index contributed by atoms with van der Waals surface area (Å²) in [4.78, 5) is 10.6. The van der Waals surface area contributed by atoms with Crippen molar-refractivity contribution in [3.63, 3.8) is 0 Å². The third-order valence-corrected chi connectivity index (χ3v) is 3.39.